The number of nitrogens with zero attached hydrogens (tertiary/aromatic N) is 1. The molecule has 0 aliphatic rings. The molecule has 3 nitrogen and oxygen atoms in total. The van der Waals surface area contributed by atoms with Gasteiger partial charge in [-0.1, -0.05) is 5.16 Å². The van der Waals surface area contributed by atoms with Crippen molar-refractivity contribution >= 4 is 5.78 Å². The zero-order valence-corrected chi connectivity index (χ0v) is 8.33. The number of Topliss-reactive ketones (excluding diaryl/α,β-unsaturated/α-hetero) is 1. The Labute approximate surface area is 89.7 Å². The van der Waals surface area contributed by atoms with E-state index in [9.17, 15) is 13.6 Å². The van der Waals surface area contributed by atoms with E-state index in [0.717, 1.165) is 18.2 Å². The number of carbonyl (C=O) groups is 1. The van der Waals surface area contributed by atoms with E-state index in [-0.39, 0.29) is 22.7 Å². The fourth-order valence-electron chi connectivity index (χ4n) is 1.36. The first-order valence-corrected chi connectivity index (χ1v) is 4.50. The quantitative estimate of drug-likeness (QED) is 0.735. The molecule has 5 heteroatoms. The lowest BCUT2D eigenvalue weighted by atomic mass is 10.1. The van der Waals surface area contributed by atoms with E-state index in [1.54, 1.807) is 0 Å². The molecule has 0 N–H and O–H groups in total. The fraction of sp³-hybridized carbons (Fsp3) is 0.0909. The van der Waals surface area contributed by atoms with Crippen molar-refractivity contribution < 1.29 is 18.1 Å². The van der Waals surface area contributed by atoms with E-state index in [0.29, 0.717) is 0 Å². The molecule has 0 bridgehead atoms. The van der Waals surface area contributed by atoms with Gasteiger partial charge in [-0.15, -0.1) is 0 Å². The van der Waals surface area contributed by atoms with Crippen LogP contribution >= 0.6 is 0 Å². The Hall–Kier alpha value is -2.04. The smallest absolute Gasteiger partial charge is 0.180 e. The van der Waals surface area contributed by atoms with Gasteiger partial charge in [-0.25, -0.2) is 8.78 Å². The van der Waals surface area contributed by atoms with Gasteiger partial charge >= 0.3 is 0 Å². The third-order valence-electron chi connectivity index (χ3n) is 2.12. The number of rotatable bonds is 2. The minimum atomic E-state index is -0.666. The molecule has 1 heterocycles. The molecule has 0 aliphatic carbocycles. The van der Waals surface area contributed by atoms with Gasteiger partial charge in [-0.05, 0) is 25.1 Å². The number of benzene rings is 1. The molecular weight excluding hydrogens is 216 g/mol. The van der Waals surface area contributed by atoms with Crippen LogP contribution in [-0.4, -0.2) is 10.9 Å². The Morgan fingerprint density at radius 1 is 1.38 bits per heavy atom. The van der Waals surface area contributed by atoms with Crippen LogP contribution in [0.1, 0.15) is 17.3 Å². The molecule has 0 spiro atoms. The van der Waals surface area contributed by atoms with Crippen LogP contribution in [0.5, 0.6) is 0 Å². The molecule has 82 valence electrons. The molecule has 0 fully saturated rings. The maximum absolute atomic E-state index is 13.4. The van der Waals surface area contributed by atoms with Crippen molar-refractivity contribution in [3.05, 3.63) is 41.6 Å². The third kappa shape index (κ3) is 1.71. The minimum Gasteiger partial charge on any atom is -0.355 e. The van der Waals surface area contributed by atoms with Crippen LogP contribution in [-0.2, 0) is 0 Å². The first-order valence-electron chi connectivity index (χ1n) is 4.50. The van der Waals surface area contributed by atoms with Crippen LogP contribution in [0.3, 0.4) is 0 Å². The highest BCUT2D eigenvalue weighted by Crippen LogP contribution is 2.27. The van der Waals surface area contributed by atoms with Gasteiger partial charge in [-0.2, -0.15) is 0 Å². The average Bonchev–Trinajstić information content (AvgIpc) is 2.70. The molecule has 0 amide bonds. The molecule has 0 unspecified atom stereocenters. The van der Waals surface area contributed by atoms with Gasteiger partial charge in [0.15, 0.2) is 11.5 Å². The summed E-state index contributed by atoms with van der Waals surface area (Å²) in [6.45, 7) is 1.30. The van der Waals surface area contributed by atoms with Crippen molar-refractivity contribution in [3.8, 4) is 11.3 Å². The van der Waals surface area contributed by atoms with Crippen molar-refractivity contribution in [2.75, 3.05) is 0 Å². The van der Waals surface area contributed by atoms with Crippen molar-refractivity contribution in [3.63, 3.8) is 0 Å². The van der Waals surface area contributed by atoms with E-state index in [1.807, 2.05) is 0 Å². The van der Waals surface area contributed by atoms with Crippen LogP contribution in [0.15, 0.2) is 28.9 Å². The number of carbonyl (C=O) groups excluding carboxylic acids is 1. The van der Waals surface area contributed by atoms with Crippen LogP contribution in [0.4, 0.5) is 8.78 Å². The van der Waals surface area contributed by atoms with Crippen LogP contribution < -0.4 is 0 Å². The normalized spacial score (nSPS) is 10.4. The Morgan fingerprint density at radius 2 is 2.12 bits per heavy atom. The molecule has 2 rings (SSSR count). The number of hydrogen-bond donors (Lipinski definition) is 0. The van der Waals surface area contributed by atoms with E-state index in [1.165, 1.54) is 13.1 Å². The van der Waals surface area contributed by atoms with Crippen LogP contribution in [0.2, 0.25) is 0 Å². The fourth-order valence-corrected chi connectivity index (χ4v) is 1.36. The molecule has 0 radical (unpaired) electrons. The van der Waals surface area contributed by atoms with Crippen molar-refractivity contribution in [1.29, 1.82) is 0 Å². The lowest BCUT2D eigenvalue weighted by Crippen LogP contribution is -1.94. The standard InChI is InChI=1S/C11H7F2NO2/c1-6(15)9-5-14-16-11(9)8-4-7(12)2-3-10(8)13/h2-5H,1H3. The number of aromatic nitrogens is 1. The summed E-state index contributed by atoms with van der Waals surface area (Å²) in [7, 11) is 0. The second-order valence-electron chi connectivity index (χ2n) is 3.25. The zero-order valence-electron chi connectivity index (χ0n) is 8.33. The maximum Gasteiger partial charge on any atom is 0.180 e. The summed E-state index contributed by atoms with van der Waals surface area (Å²) in [6.07, 6.45) is 1.18. The molecule has 2 aromatic rings. The third-order valence-corrected chi connectivity index (χ3v) is 2.12. The van der Waals surface area contributed by atoms with Gasteiger partial charge in [0.2, 0.25) is 0 Å². The summed E-state index contributed by atoms with van der Waals surface area (Å²) in [5.41, 5.74) is 0.0206. The van der Waals surface area contributed by atoms with Crippen molar-refractivity contribution in [1.82, 2.24) is 5.16 Å². The van der Waals surface area contributed by atoms with E-state index < -0.39 is 11.6 Å². The first kappa shape index (κ1) is 10.5. The van der Waals surface area contributed by atoms with E-state index >= 15 is 0 Å². The van der Waals surface area contributed by atoms with Gasteiger partial charge in [0.25, 0.3) is 0 Å². The van der Waals surface area contributed by atoms with E-state index in [2.05, 4.69) is 5.16 Å². The van der Waals surface area contributed by atoms with Crippen LogP contribution in [0.25, 0.3) is 11.3 Å². The summed E-state index contributed by atoms with van der Waals surface area (Å²) in [5.74, 6) is -1.65. The lowest BCUT2D eigenvalue weighted by molar-refractivity contribution is 0.101. The van der Waals surface area contributed by atoms with Gasteiger partial charge in [-0.3, -0.25) is 4.79 Å². The summed E-state index contributed by atoms with van der Waals surface area (Å²) >= 11 is 0. The molecule has 1 aromatic heterocycles. The Morgan fingerprint density at radius 3 is 2.81 bits per heavy atom. The summed E-state index contributed by atoms with van der Waals surface area (Å²) in [6, 6.07) is 2.92. The number of hydrogen-bond acceptors (Lipinski definition) is 3. The minimum absolute atomic E-state index is 0.0514. The highest BCUT2D eigenvalue weighted by molar-refractivity contribution is 5.99. The number of halogens is 2. The molecule has 16 heavy (non-hydrogen) atoms. The van der Waals surface area contributed by atoms with Crippen molar-refractivity contribution in [2.45, 2.75) is 6.92 Å². The molecule has 0 atom stereocenters. The molecular formula is C11H7F2NO2. The maximum atomic E-state index is 13.4. The predicted molar refractivity (Wildman–Crippen MR) is 51.9 cm³/mol. The summed E-state index contributed by atoms with van der Waals surface area (Å²) < 4.78 is 31.1. The summed E-state index contributed by atoms with van der Waals surface area (Å²) in [4.78, 5) is 11.2. The first-order chi connectivity index (χ1) is 7.59. The molecule has 0 aliphatic heterocycles. The topological polar surface area (TPSA) is 43.1 Å². The molecule has 1 aromatic carbocycles. The highest BCUT2D eigenvalue weighted by atomic mass is 19.1. The number of ketones is 1. The Kier molecular flexibility index (Phi) is 2.52. The SMILES string of the molecule is CC(=O)c1cnoc1-c1cc(F)ccc1F. The molecule has 0 saturated heterocycles. The van der Waals surface area contributed by atoms with Crippen LogP contribution in [0, 0.1) is 11.6 Å². The monoisotopic (exact) mass is 223 g/mol. The second-order valence-corrected chi connectivity index (χ2v) is 3.25. The van der Waals surface area contributed by atoms with Gasteiger partial charge < -0.3 is 4.52 Å². The lowest BCUT2D eigenvalue weighted by Gasteiger charge is -2.00. The second kappa shape index (κ2) is 3.84. The predicted octanol–water partition coefficient (Wildman–Crippen LogP) is 2.82. The highest BCUT2D eigenvalue weighted by Gasteiger charge is 2.18. The molecule has 0 saturated carbocycles. The largest absolute Gasteiger partial charge is 0.355 e. The zero-order chi connectivity index (χ0) is 11.7. The van der Waals surface area contributed by atoms with Gasteiger partial charge in [0.05, 0.1) is 17.3 Å². The van der Waals surface area contributed by atoms with Gasteiger partial charge in [0, 0.05) is 0 Å². The average molecular weight is 223 g/mol. The summed E-state index contributed by atoms with van der Waals surface area (Å²) in [5, 5.41) is 3.41. The van der Waals surface area contributed by atoms with Gasteiger partial charge in [0.1, 0.15) is 11.6 Å². The Bertz CT molecular complexity index is 549. The van der Waals surface area contributed by atoms with Crippen molar-refractivity contribution in [2.24, 2.45) is 0 Å². The Balaban J connectivity index is 2.62. The van der Waals surface area contributed by atoms with E-state index in [4.69, 9.17) is 4.52 Å².